The SMILES string of the molecule is COCC(N)C(=O)N1CCN(c2ccc(Br)cn2)CC1.Cl.Cl. The highest BCUT2D eigenvalue weighted by atomic mass is 79.9. The van der Waals surface area contributed by atoms with Crippen LogP contribution >= 0.6 is 40.7 Å². The molecule has 0 spiro atoms. The van der Waals surface area contributed by atoms with Crippen molar-refractivity contribution < 1.29 is 9.53 Å². The average Bonchev–Trinajstić information content (AvgIpc) is 2.48. The van der Waals surface area contributed by atoms with Gasteiger partial charge in [0.25, 0.3) is 0 Å². The van der Waals surface area contributed by atoms with E-state index in [-0.39, 0.29) is 37.3 Å². The van der Waals surface area contributed by atoms with Crippen molar-refractivity contribution >= 4 is 52.5 Å². The molecule has 1 aromatic heterocycles. The van der Waals surface area contributed by atoms with Gasteiger partial charge in [-0.15, -0.1) is 24.8 Å². The fraction of sp³-hybridized carbons (Fsp3) is 0.538. The molecular weight excluding hydrogens is 395 g/mol. The van der Waals surface area contributed by atoms with Gasteiger partial charge in [0.15, 0.2) is 0 Å². The number of nitrogens with zero attached hydrogens (tertiary/aromatic N) is 3. The van der Waals surface area contributed by atoms with Crippen LogP contribution in [0.4, 0.5) is 5.82 Å². The third kappa shape index (κ3) is 5.55. The Morgan fingerprint density at radius 1 is 1.36 bits per heavy atom. The third-order valence-corrected chi connectivity index (χ3v) is 3.76. The number of piperazine rings is 1. The lowest BCUT2D eigenvalue weighted by atomic mass is 10.2. The van der Waals surface area contributed by atoms with Crippen LogP contribution in [0.3, 0.4) is 0 Å². The van der Waals surface area contributed by atoms with Gasteiger partial charge in [0.05, 0.1) is 6.61 Å². The number of amides is 1. The highest BCUT2D eigenvalue weighted by Gasteiger charge is 2.25. The van der Waals surface area contributed by atoms with E-state index in [4.69, 9.17) is 10.5 Å². The fourth-order valence-corrected chi connectivity index (χ4v) is 2.43. The number of anilines is 1. The van der Waals surface area contributed by atoms with E-state index in [1.807, 2.05) is 12.1 Å². The van der Waals surface area contributed by atoms with Crippen molar-refractivity contribution in [3.05, 3.63) is 22.8 Å². The topological polar surface area (TPSA) is 71.7 Å². The van der Waals surface area contributed by atoms with Gasteiger partial charge in [0.2, 0.25) is 5.91 Å². The molecule has 9 heteroatoms. The molecule has 0 saturated carbocycles. The Balaban J connectivity index is 0.00000220. The molecule has 1 aliphatic rings. The van der Waals surface area contributed by atoms with Crippen LogP contribution in [0.1, 0.15) is 0 Å². The van der Waals surface area contributed by atoms with Crippen molar-refractivity contribution in [2.24, 2.45) is 5.73 Å². The second-order valence-electron chi connectivity index (χ2n) is 4.71. The molecule has 1 aromatic rings. The van der Waals surface area contributed by atoms with Gasteiger partial charge < -0.3 is 20.3 Å². The maximum atomic E-state index is 12.1. The van der Waals surface area contributed by atoms with Gasteiger partial charge in [0, 0.05) is 44.0 Å². The van der Waals surface area contributed by atoms with Crippen LogP contribution in [0.15, 0.2) is 22.8 Å². The van der Waals surface area contributed by atoms with Crippen molar-refractivity contribution in [2.45, 2.75) is 6.04 Å². The van der Waals surface area contributed by atoms with Crippen LogP contribution in [0.25, 0.3) is 0 Å². The van der Waals surface area contributed by atoms with E-state index >= 15 is 0 Å². The fourth-order valence-electron chi connectivity index (χ4n) is 2.20. The summed E-state index contributed by atoms with van der Waals surface area (Å²) in [6.45, 7) is 3.11. The molecule has 6 nitrogen and oxygen atoms in total. The quantitative estimate of drug-likeness (QED) is 0.802. The number of halogens is 3. The van der Waals surface area contributed by atoms with Crippen molar-refractivity contribution in [2.75, 3.05) is 44.8 Å². The molecular formula is C13H21BrCl2N4O2. The van der Waals surface area contributed by atoms with Crippen LogP contribution in [0.5, 0.6) is 0 Å². The minimum atomic E-state index is -0.572. The first kappa shape index (κ1) is 21.4. The molecule has 1 aliphatic heterocycles. The number of carbonyl (C=O) groups is 1. The maximum absolute atomic E-state index is 12.1. The second kappa shape index (κ2) is 10.2. The molecule has 1 unspecified atom stereocenters. The van der Waals surface area contributed by atoms with Crippen molar-refractivity contribution in [1.29, 1.82) is 0 Å². The second-order valence-corrected chi connectivity index (χ2v) is 5.62. The Bertz CT molecular complexity index is 456. The zero-order chi connectivity index (χ0) is 14.5. The number of ether oxygens (including phenoxy) is 1. The van der Waals surface area contributed by atoms with Gasteiger partial charge in [0.1, 0.15) is 11.9 Å². The molecule has 0 aromatic carbocycles. The lowest BCUT2D eigenvalue weighted by Crippen LogP contribution is -2.54. The largest absolute Gasteiger partial charge is 0.383 e. The van der Waals surface area contributed by atoms with Crippen molar-refractivity contribution in [1.82, 2.24) is 9.88 Å². The summed E-state index contributed by atoms with van der Waals surface area (Å²) < 4.78 is 5.88. The maximum Gasteiger partial charge on any atom is 0.241 e. The van der Waals surface area contributed by atoms with E-state index < -0.39 is 6.04 Å². The number of nitrogens with two attached hydrogens (primary N) is 1. The number of hydrogen-bond donors (Lipinski definition) is 1. The number of hydrogen-bond acceptors (Lipinski definition) is 5. The lowest BCUT2D eigenvalue weighted by molar-refractivity contribution is -0.134. The number of methoxy groups -OCH3 is 1. The molecule has 1 fully saturated rings. The molecule has 0 radical (unpaired) electrons. The van der Waals surface area contributed by atoms with E-state index in [9.17, 15) is 4.79 Å². The summed E-state index contributed by atoms with van der Waals surface area (Å²) >= 11 is 3.37. The molecule has 2 rings (SSSR count). The van der Waals surface area contributed by atoms with Gasteiger partial charge in [-0.1, -0.05) is 0 Å². The minimum absolute atomic E-state index is 0. The zero-order valence-corrected chi connectivity index (χ0v) is 15.5. The average molecular weight is 416 g/mol. The highest BCUT2D eigenvalue weighted by molar-refractivity contribution is 9.10. The minimum Gasteiger partial charge on any atom is -0.383 e. The number of rotatable bonds is 4. The number of aromatic nitrogens is 1. The predicted octanol–water partition coefficient (Wildman–Crippen LogP) is 1.31. The molecule has 2 N–H and O–H groups in total. The summed E-state index contributed by atoms with van der Waals surface area (Å²) in [7, 11) is 1.55. The van der Waals surface area contributed by atoms with Crippen LogP contribution in [-0.2, 0) is 9.53 Å². The summed E-state index contributed by atoms with van der Waals surface area (Å²) in [6.07, 6.45) is 1.78. The molecule has 2 heterocycles. The van der Waals surface area contributed by atoms with E-state index in [1.54, 1.807) is 18.2 Å². The summed E-state index contributed by atoms with van der Waals surface area (Å²) in [5.74, 6) is 0.886. The molecule has 126 valence electrons. The number of pyridine rings is 1. The third-order valence-electron chi connectivity index (χ3n) is 3.29. The molecule has 0 aliphatic carbocycles. The first-order chi connectivity index (χ1) is 9.61. The Morgan fingerprint density at radius 2 is 2.00 bits per heavy atom. The van der Waals surface area contributed by atoms with Gasteiger partial charge in [-0.3, -0.25) is 4.79 Å². The van der Waals surface area contributed by atoms with E-state index in [1.165, 1.54) is 0 Å². The van der Waals surface area contributed by atoms with Crippen molar-refractivity contribution in [3.63, 3.8) is 0 Å². The Kier molecular flexibility index (Phi) is 9.95. The Hall–Kier alpha value is -0.600. The normalized spacial score (nSPS) is 15.6. The smallest absolute Gasteiger partial charge is 0.241 e. The lowest BCUT2D eigenvalue weighted by Gasteiger charge is -2.36. The number of carbonyl (C=O) groups excluding carboxylic acids is 1. The molecule has 1 atom stereocenters. The van der Waals surface area contributed by atoms with Gasteiger partial charge in [-0.25, -0.2) is 4.98 Å². The first-order valence-corrected chi connectivity index (χ1v) is 7.31. The van der Waals surface area contributed by atoms with Crippen molar-refractivity contribution in [3.8, 4) is 0 Å². The van der Waals surface area contributed by atoms with E-state index in [0.29, 0.717) is 13.1 Å². The van der Waals surface area contributed by atoms with E-state index in [2.05, 4.69) is 25.8 Å². The van der Waals surface area contributed by atoms with Crippen LogP contribution in [0, 0.1) is 0 Å². The first-order valence-electron chi connectivity index (χ1n) is 6.51. The van der Waals surface area contributed by atoms with Gasteiger partial charge in [-0.2, -0.15) is 0 Å². The standard InChI is InChI=1S/C13H19BrN4O2.2ClH/c1-20-9-11(15)13(19)18-6-4-17(5-7-18)12-3-2-10(14)8-16-12;;/h2-3,8,11H,4-7,9,15H2,1H3;2*1H. The highest BCUT2D eigenvalue weighted by Crippen LogP contribution is 2.16. The summed E-state index contributed by atoms with van der Waals surface area (Å²) in [5, 5.41) is 0. The zero-order valence-electron chi connectivity index (χ0n) is 12.3. The Morgan fingerprint density at radius 3 is 2.50 bits per heavy atom. The van der Waals surface area contributed by atoms with Crippen LogP contribution in [0.2, 0.25) is 0 Å². The molecule has 1 amide bonds. The van der Waals surface area contributed by atoms with E-state index in [0.717, 1.165) is 23.4 Å². The summed E-state index contributed by atoms with van der Waals surface area (Å²) in [6, 6.07) is 3.37. The predicted molar refractivity (Wildman–Crippen MR) is 95.1 cm³/mol. The Labute approximate surface area is 151 Å². The molecule has 22 heavy (non-hydrogen) atoms. The summed E-state index contributed by atoms with van der Waals surface area (Å²) in [5.41, 5.74) is 5.77. The monoisotopic (exact) mass is 414 g/mol. The molecule has 1 saturated heterocycles. The summed E-state index contributed by atoms with van der Waals surface area (Å²) in [4.78, 5) is 20.4. The van der Waals surface area contributed by atoms with Gasteiger partial charge >= 0.3 is 0 Å². The molecule has 0 bridgehead atoms. The van der Waals surface area contributed by atoms with Gasteiger partial charge in [-0.05, 0) is 28.1 Å². The van der Waals surface area contributed by atoms with Crippen LogP contribution < -0.4 is 10.6 Å². The van der Waals surface area contributed by atoms with Crippen LogP contribution in [-0.4, -0.2) is 61.7 Å².